The zero-order chi connectivity index (χ0) is 30.4. The van der Waals surface area contributed by atoms with Gasteiger partial charge in [0.05, 0.1) is 0 Å². The van der Waals surface area contributed by atoms with Gasteiger partial charge in [0, 0.05) is 0 Å². The Balaban J connectivity index is 1.24. The van der Waals surface area contributed by atoms with E-state index in [0.29, 0.717) is 23.5 Å². The average Bonchev–Trinajstić information content (AvgIpc) is 3.65. The monoisotopic (exact) mass is 643 g/mol. The van der Waals surface area contributed by atoms with E-state index < -0.39 is 0 Å². The Morgan fingerprint density at radius 3 is 2.30 bits per heavy atom. The van der Waals surface area contributed by atoms with Gasteiger partial charge in [-0.05, 0) is 23.0 Å². The molecule has 0 saturated heterocycles. The molecule has 0 saturated carbocycles. The third-order valence-corrected chi connectivity index (χ3v) is 10.4. The Morgan fingerprint density at radius 1 is 0.750 bits per heavy atom. The molecule has 0 spiro atoms. The maximum atomic E-state index is 6.37. The first-order chi connectivity index (χ1) is 21.4. The molecular weight excluding hydrogens is 609 g/mol. The maximum absolute atomic E-state index is 6.37. The van der Waals surface area contributed by atoms with Crippen molar-refractivity contribution in [2.45, 2.75) is 46.5 Å². The second kappa shape index (κ2) is 11.5. The second-order valence-corrected chi connectivity index (χ2v) is 13.8. The quantitative estimate of drug-likeness (QED) is 0.162. The Bertz CT molecular complexity index is 2120. The van der Waals surface area contributed by atoms with Crippen molar-refractivity contribution in [1.29, 1.82) is 0 Å². The summed E-state index contributed by atoms with van der Waals surface area (Å²) in [4.78, 5) is 9.78. The zero-order valence-electron chi connectivity index (χ0n) is 25.4. The van der Waals surface area contributed by atoms with Crippen LogP contribution in [0.5, 0.6) is 11.6 Å². The number of aromatic nitrogens is 5. The summed E-state index contributed by atoms with van der Waals surface area (Å²) in [7, 11) is 0. The van der Waals surface area contributed by atoms with Crippen LogP contribution in [0, 0.1) is 6.92 Å². The van der Waals surface area contributed by atoms with Crippen LogP contribution >= 0.6 is 0 Å². The van der Waals surface area contributed by atoms with Crippen molar-refractivity contribution >= 4 is 33.9 Å². The minimum absolute atomic E-state index is 0.125. The third kappa shape index (κ3) is 5.12. The summed E-state index contributed by atoms with van der Waals surface area (Å²) in [6.07, 6.45) is 1.82. The minimum atomic E-state index is 0.125. The number of rotatable bonds is 7. The standard InChI is InChI=1S/C37H33N5OSe/c1-22(2)27-12-7-13-28(23(3)4)34(27)42-21-38-41-36(42)25-10-6-11-26(20-25)43-33-17-9-16-32(40-33)31-15-8-14-29-30-19-18-24(5)39-37(30)44-35(29)31/h6-23H,1-5H3. The molecule has 0 N–H and O–H groups in total. The van der Waals surface area contributed by atoms with Gasteiger partial charge in [0.1, 0.15) is 0 Å². The third-order valence-electron chi connectivity index (χ3n) is 7.95. The molecule has 4 heterocycles. The van der Waals surface area contributed by atoms with Gasteiger partial charge in [-0.1, -0.05) is 45.9 Å². The molecule has 218 valence electrons. The first-order valence-corrected chi connectivity index (χ1v) is 16.7. The van der Waals surface area contributed by atoms with Gasteiger partial charge >= 0.3 is 195 Å². The van der Waals surface area contributed by atoms with Crippen molar-refractivity contribution in [1.82, 2.24) is 24.7 Å². The molecule has 0 radical (unpaired) electrons. The Kier molecular flexibility index (Phi) is 7.37. The van der Waals surface area contributed by atoms with E-state index in [1.54, 1.807) is 0 Å². The number of benzene rings is 3. The van der Waals surface area contributed by atoms with Crippen LogP contribution in [0.2, 0.25) is 0 Å². The van der Waals surface area contributed by atoms with Crippen LogP contribution < -0.4 is 4.74 Å². The van der Waals surface area contributed by atoms with E-state index in [4.69, 9.17) is 14.7 Å². The fourth-order valence-corrected chi connectivity index (χ4v) is 8.40. The molecule has 0 amide bonds. The van der Waals surface area contributed by atoms with Gasteiger partial charge in [0.15, 0.2) is 0 Å². The first kappa shape index (κ1) is 28.2. The van der Waals surface area contributed by atoms with Crippen LogP contribution in [0.4, 0.5) is 0 Å². The van der Waals surface area contributed by atoms with Crippen LogP contribution in [0.3, 0.4) is 0 Å². The molecule has 0 bridgehead atoms. The number of ether oxygens (including phenoxy) is 1. The van der Waals surface area contributed by atoms with E-state index >= 15 is 0 Å². The summed E-state index contributed by atoms with van der Waals surface area (Å²) in [5.74, 6) is 2.72. The molecule has 4 aromatic heterocycles. The Morgan fingerprint density at radius 2 is 1.50 bits per heavy atom. The molecular formula is C37H33N5OSe. The van der Waals surface area contributed by atoms with E-state index in [1.807, 2.05) is 42.7 Å². The summed E-state index contributed by atoms with van der Waals surface area (Å²) >= 11 is 0.125. The van der Waals surface area contributed by atoms with E-state index in [0.717, 1.165) is 34.0 Å². The molecule has 7 rings (SSSR count). The molecule has 44 heavy (non-hydrogen) atoms. The topological polar surface area (TPSA) is 65.7 Å². The number of aryl methyl sites for hydroxylation is 1. The van der Waals surface area contributed by atoms with Gasteiger partial charge in [0.25, 0.3) is 0 Å². The summed E-state index contributed by atoms with van der Waals surface area (Å²) in [6.45, 7) is 11.0. The molecule has 7 heteroatoms. The van der Waals surface area contributed by atoms with E-state index in [1.165, 1.54) is 30.6 Å². The molecule has 0 aliphatic heterocycles. The summed E-state index contributed by atoms with van der Waals surface area (Å²) < 4.78 is 11.0. The van der Waals surface area contributed by atoms with Crippen molar-refractivity contribution in [3.8, 4) is 40.0 Å². The average molecular weight is 643 g/mol. The molecule has 3 aromatic carbocycles. The first-order valence-electron chi connectivity index (χ1n) is 14.9. The van der Waals surface area contributed by atoms with Crippen molar-refractivity contribution in [3.63, 3.8) is 0 Å². The van der Waals surface area contributed by atoms with E-state index in [9.17, 15) is 0 Å². The Labute approximate surface area is 263 Å². The molecule has 6 nitrogen and oxygen atoms in total. The van der Waals surface area contributed by atoms with Crippen molar-refractivity contribution < 1.29 is 4.74 Å². The fraction of sp³-hybridized carbons (Fsp3) is 0.189. The van der Waals surface area contributed by atoms with Crippen LogP contribution in [-0.2, 0) is 0 Å². The molecule has 0 fully saturated rings. The van der Waals surface area contributed by atoms with Gasteiger partial charge in [-0.25, -0.2) is 0 Å². The van der Waals surface area contributed by atoms with Crippen LogP contribution in [-0.4, -0.2) is 39.2 Å². The number of hydrogen-bond donors (Lipinski definition) is 0. The predicted octanol–water partition coefficient (Wildman–Crippen LogP) is 9.10. The molecule has 0 aliphatic carbocycles. The number of fused-ring (bicyclic) bond motifs is 3. The van der Waals surface area contributed by atoms with Crippen LogP contribution in [0.15, 0.2) is 97.3 Å². The van der Waals surface area contributed by atoms with Gasteiger partial charge in [-0.3, -0.25) is 0 Å². The summed E-state index contributed by atoms with van der Waals surface area (Å²) in [5, 5.41) is 11.4. The molecule has 7 aromatic rings. The summed E-state index contributed by atoms with van der Waals surface area (Å²) in [5.41, 5.74) is 7.71. The van der Waals surface area contributed by atoms with Crippen LogP contribution in [0.1, 0.15) is 56.4 Å². The normalized spacial score (nSPS) is 11.7. The second-order valence-electron chi connectivity index (χ2n) is 11.7. The zero-order valence-corrected chi connectivity index (χ0v) is 27.2. The predicted molar refractivity (Wildman–Crippen MR) is 179 cm³/mol. The van der Waals surface area contributed by atoms with Crippen molar-refractivity contribution in [2.24, 2.45) is 0 Å². The van der Waals surface area contributed by atoms with Crippen molar-refractivity contribution in [3.05, 3.63) is 114 Å². The van der Waals surface area contributed by atoms with Gasteiger partial charge < -0.3 is 0 Å². The van der Waals surface area contributed by atoms with E-state index in [2.05, 4.69) is 104 Å². The number of para-hydroxylation sites is 1. The van der Waals surface area contributed by atoms with Gasteiger partial charge in [-0.15, -0.1) is 0 Å². The SMILES string of the molecule is Cc1ccc2c(n1)[se]c1c(-c3cccc(Oc4cccc(-c5nncn5-c5c(C(C)C)cccc5C(C)C)c4)n3)cccc12. The number of nitrogens with zero attached hydrogens (tertiary/aromatic N) is 5. The fourth-order valence-electron chi connectivity index (χ4n) is 5.80. The Hall–Kier alpha value is -4.58. The summed E-state index contributed by atoms with van der Waals surface area (Å²) in [6, 6.07) is 31.3. The number of hydrogen-bond acceptors (Lipinski definition) is 5. The van der Waals surface area contributed by atoms with Gasteiger partial charge in [-0.2, -0.15) is 0 Å². The molecule has 0 unspecified atom stereocenters. The molecule has 0 aliphatic rings. The van der Waals surface area contributed by atoms with E-state index in [-0.39, 0.29) is 14.5 Å². The molecule has 0 atom stereocenters. The van der Waals surface area contributed by atoms with Gasteiger partial charge in [0.2, 0.25) is 0 Å². The van der Waals surface area contributed by atoms with Crippen LogP contribution in [0.25, 0.3) is 47.8 Å². The number of pyridine rings is 2. The van der Waals surface area contributed by atoms with Crippen molar-refractivity contribution in [2.75, 3.05) is 0 Å².